The van der Waals surface area contributed by atoms with E-state index in [9.17, 15) is 9.59 Å². The Hall–Kier alpha value is -3.55. The predicted octanol–water partition coefficient (Wildman–Crippen LogP) is 2.42. The van der Waals surface area contributed by atoms with E-state index in [0.717, 1.165) is 17.2 Å². The molecule has 0 aliphatic carbocycles. The summed E-state index contributed by atoms with van der Waals surface area (Å²) in [6, 6.07) is 11.5. The van der Waals surface area contributed by atoms with Gasteiger partial charge in [-0.05, 0) is 49.7 Å². The number of carbonyl (C=O) groups excluding carboxylic acids is 2. The van der Waals surface area contributed by atoms with Crippen molar-refractivity contribution in [1.82, 2.24) is 19.4 Å². The van der Waals surface area contributed by atoms with Crippen molar-refractivity contribution in [2.45, 2.75) is 18.9 Å². The van der Waals surface area contributed by atoms with Crippen LogP contribution in [0.15, 0.2) is 53.2 Å². The van der Waals surface area contributed by atoms with E-state index >= 15 is 0 Å². The van der Waals surface area contributed by atoms with Crippen LogP contribution in [0.2, 0.25) is 0 Å². The van der Waals surface area contributed by atoms with Crippen molar-refractivity contribution < 1.29 is 14.0 Å². The third-order valence-electron chi connectivity index (χ3n) is 6.31. The lowest BCUT2D eigenvalue weighted by molar-refractivity contribution is -0.127. The monoisotopic (exact) mass is 419 g/mol. The zero-order valence-electron chi connectivity index (χ0n) is 17.9. The van der Waals surface area contributed by atoms with E-state index in [1.807, 2.05) is 36.2 Å². The molecule has 1 unspecified atom stereocenters. The normalized spacial score (nSPS) is 19.5. The summed E-state index contributed by atoms with van der Waals surface area (Å²) in [5.74, 6) is 1.73. The number of likely N-dealkylation sites (tertiary alicyclic amines) is 1. The minimum absolute atomic E-state index is 0.000574. The Morgan fingerprint density at radius 3 is 2.77 bits per heavy atom. The molecule has 1 spiro atoms. The topological polar surface area (TPSA) is 74.8 Å². The number of aryl methyl sites for hydroxylation is 1. The van der Waals surface area contributed by atoms with Gasteiger partial charge in [-0.15, -0.1) is 0 Å². The predicted molar refractivity (Wildman–Crippen MR) is 115 cm³/mol. The fourth-order valence-corrected chi connectivity index (χ4v) is 4.71. The summed E-state index contributed by atoms with van der Waals surface area (Å²) in [6.45, 7) is 3.07. The van der Waals surface area contributed by atoms with Crippen LogP contribution in [0, 0.1) is 6.92 Å². The lowest BCUT2D eigenvalue weighted by atomic mass is 9.88. The van der Waals surface area contributed by atoms with Gasteiger partial charge in [-0.2, -0.15) is 0 Å². The molecule has 0 bridgehead atoms. The van der Waals surface area contributed by atoms with Crippen molar-refractivity contribution in [3.63, 3.8) is 0 Å². The van der Waals surface area contributed by atoms with E-state index in [0.29, 0.717) is 31.0 Å². The summed E-state index contributed by atoms with van der Waals surface area (Å²) in [6.07, 6.45) is 4.46. The summed E-state index contributed by atoms with van der Waals surface area (Å²) < 4.78 is 7.67. The molecule has 8 heteroatoms. The van der Waals surface area contributed by atoms with Crippen LogP contribution >= 0.6 is 0 Å². The molecule has 8 nitrogen and oxygen atoms in total. The highest BCUT2D eigenvalue weighted by molar-refractivity contribution is 5.92. The fourth-order valence-electron chi connectivity index (χ4n) is 4.71. The van der Waals surface area contributed by atoms with Crippen molar-refractivity contribution >= 4 is 17.5 Å². The lowest BCUT2D eigenvalue weighted by Crippen LogP contribution is -2.55. The summed E-state index contributed by atoms with van der Waals surface area (Å²) in [4.78, 5) is 36.1. The quantitative estimate of drug-likeness (QED) is 0.652. The SMILES string of the molecule is Cc1ccc(C(=O)N2CCC3(C2)c2cccn2-c2ncccc2N3CC(=O)N(C)C)o1. The largest absolute Gasteiger partial charge is 0.456 e. The first kappa shape index (κ1) is 19.4. The van der Waals surface area contributed by atoms with Crippen molar-refractivity contribution in [1.29, 1.82) is 0 Å². The van der Waals surface area contributed by atoms with Gasteiger partial charge in [0.25, 0.3) is 5.91 Å². The van der Waals surface area contributed by atoms with Crippen molar-refractivity contribution in [2.75, 3.05) is 38.6 Å². The standard InChI is InChI=1S/C23H25N5O3/c1-16-8-9-18(31-16)22(30)26-13-10-23(15-26)19-7-5-12-27(19)21-17(6-4-11-24-21)28(23)14-20(29)25(2)3/h4-9,11-12H,10,13-15H2,1-3H3. The molecule has 0 aromatic carbocycles. The zero-order valence-corrected chi connectivity index (χ0v) is 17.9. The molecule has 0 N–H and O–H groups in total. The number of anilines is 1. The average Bonchev–Trinajstić information content (AvgIpc) is 3.50. The van der Waals surface area contributed by atoms with E-state index in [1.165, 1.54) is 0 Å². The molecule has 1 saturated heterocycles. The van der Waals surface area contributed by atoms with Gasteiger partial charge in [0.05, 0.1) is 24.5 Å². The van der Waals surface area contributed by atoms with Crippen LogP contribution in [0.25, 0.3) is 5.82 Å². The smallest absolute Gasteiger partial charge is 0.289 e. The molecule has 160 valence electrons. The lowest BCUT2D eigenvalue weighted by Gasteiger charge is -2.46. The van der Waals surface area contributed by atoms with E-state index < -0.39 is 5.54 Å². The second-order valence-electron chi connectivity index (χ2n) is 8.40. The number of carbonyl (C=O) groups is 2. The van der Waals surface area contributed by atoms with Crippen molar-refractivity contribution in [3.05, 3.63) is 66.0 Å². The maximum absolute atomic E-state index is 13.1. The number of pyridine rings is 1. The number of amides is 2. The third kappa shape index (κ3) is 2.93. The molecule has 2 aliphatic heterocycles. The van der Waals surface area contributed by atoms with Crippen molar-refractivity contribution in [3.8, 4) is 5.82 Å². The second kappa shape index (κ2) is 7.01. The molecule has 31 heavy (non-hydrogen) atoms. The summed E-state index contributed by atoms with van der Waals surface area (Å²) in [5.41, 5.74) is 1.41. The van der Waals surface area contributed by atoms with Gasteiger partial charge in [-0.3, -0.25) is 9.59 Å². The van der Waals surface area contributed by atoms with Crippen LogP contribution in [0.1, 0.15) is 28.4 Å². The second-order valence-corrected chi connectivity index (χ2v) is 8.40. The Kier molecular flexibility index (Phi) is 4.39. The molecule has 2 amide bonds. The molecule has 1 fully saturated rings. The molecule has 5 rings (SSSR count). The number of hydrogen-bond acceptors (Lipinski definition) is 5. The Morgan fingerprint density at radius 1 is 1.19 bits per heavy atom. The molecule has 0 radical (unpaired) electrons. The maximum atomic E-state index is 13.1. The van der Waals surface area contributed by atoms with Crippen LogP contribution in [0.3, 0.4) is 0 Å². The minimum Gasteiger partial charge on any atom is -0.456 e. The first-order chi connectivity index (χ1) is 14.9. The minimum atomic E-state index is -0.525. The van der Waals surface area contributed by atoms with E-state index in [1.54, 1.807) is 37.3 Å². The van der Waals surface area contributed by atoms with Crippen molar-refractivity contribution in [2.24, 2.45) is 0 Å². The first-order valence-electron chi connectivity index (χ1n) is 10.4. The van der Waals surface area contributed by atoms with Gasteiger partial charge in [0.2, 0.25) is 5.91 Å². The van der Waals surface area contributed by atoms with Gasteiger partial charge in [-0.1, -0.05) is 0 Å². The highest BCUT2D eigenvalue weighted by atomic mass is 16.3. The number of aromatic nitrogens is 2. The molecule has 2 aliphatic rings. The van der Waals surface area contributed by atoms with Gasteiger partial charge in [0.15, 0.2) is 11.6 Å². The number of rotatable bonds is 3. The molecule has 5 heterocycles. The highest BCUT2D eigenvalue weighted by Gasteiger charge is 2.51. The van der Waals surface area contributed by atoms with Crippen LogP contribution in [-0.4, -0.2) is 64.9 Å². The number of likely N-dealkylation sites (N-methyl/N-ethyl adjacent to an activating group) is 1. The molecule has 3 aromatic rings. The fraction of sp³-hybridized carbons (Fsp3) is 0.348. The first-order valence-corrected chi connectivity index (χ1v) is 10.4. The van der Waals surface area contributed by atoms with Gasteiger partial charge in [-0.25, -0.2) is 4.98 Å². The van der Waals surface area contributed by atoms with Gasteiger partial charge in [0.1, 0.15) is 11.3 Å². The Morgan fingerprint density at radius 2 is 2.03 bits per heavy atom. The highest BCUT2D eigenvalue weighted by Crippen LogP contribution is 2.47. The molecule has 3 aromatic heterocycles. The molecule has 0 saturated carbocycles. The summed E-state index contributed by atoms with van der Waals surface area (Å²) in [5, 5.41) is 0. The van der Waals surface area contributed by atoms with Crippen LogP contribution in [0.5, 0.6) is 0 Å². The molecular weight excluding hydrogens is 394 g/mol. The zero-order chi connectivity index (χ0) is 21.8. The number of fused-ring (bicyclic) bond motifs is 4. The number of hydrogen-bond donors (Lipinski definition) is 0. The molecule has 1 atom stereocenters. The third-order valence-corrected chi connectivity index (χ3v) is 6.31. The maximum Gasteiger partial charge on any atom is 0.289 e. The molecular formula is C23H25N5O3. The Bertz CT molecular complexity index is 1160. The Balaban J connectivity index is 1.59. The summed E-state index contributed by atoms with van der Waals surface area (Å²) >= 11 is 0. The number of nitrogens with zero attached hydrogens (tertiary/aromatic N) is 5. The van der Waals surface area contributed by atoms with Crippen LogP contribution in [0.4, 0.5) is 5.69 Å². The van der Waals surface area contributed by atoms with E-state index in [4.69, 9.17) is 4.42 Å². The van der Waals surface area contributed by atoms with Gasteiger partial charge < -0.3 is 23.7 Å². The number of furan rings is 1. The van der Waals surface area contributed by atoms with Gasteiger partial charge >= 0.3 is 0 Å². The Labute approximate surface area is 180 Å². The van der Waals surface area contributed by atoms with Crippen LogP contribution in [-0.2, 0) is 10.3 Å². The summed E-state index contributed by atoms with van der Waals surface area (Å²) in [7, 11) is 3.52. The van der Waals surface area contributed by atoms with Crippen LogP contribution < -0.4 is 4.90 Å². The van der Waals surface area contributed by atoms with E-state index in [2.05, 4.69) is 20.5 Å². The van der Waals surface area contributed by atoms with Gasteiger partial charge in [0, 0.05) is 33.0 Å². The average molecular weight is 419 g/mol. The van der Waals surface area contributed by atoms with E-state index in [-0.39, 0.29) is 18.4 Å².